The van der Waals surface area contributed by atoms with E-state index < -0.39 is 17.5 Å². The summed E-state index contributed by atoms with van der Waals surface area (Å²) in [6.45, 7) is 4.48. The molecule has 1 N–H and O–H groups in total. The predicted molar refractivity (Wildman–Crippen MR) is 70.9 cm³/mol. The maximum Gasteiger partial charge on any atom is 0.251 e. The van der Waals surface area contributed by atoms with E-state index in [4.69, 9.17) is 0 Å². The van der Waals surface area contributed by atoms with Crippen LogP contribution in [-0.2, 0) is 0 Å². The van der Waals surface area contributed by atoms with Crippen LogP contribution in [0.15, 0.2) is 18.2 Å². The van der Waals surface area contributed by atoms with E-state index in [0.717, 1.165) is 30.0 Å². The molecule has 5 heteroatoms. The summed E-state index contributed by atoms with van der Waals surface area (Å²) in [6.07, 6.45) is 0.894. The molecule has 0 fully saturated rings. The summed E-state index contributed by atoms with van der Waals surface area (Å²) in [5.41, 5.74) is -0.0625. The van der Waals surface area contributed by atoms with E-state index in [0.29, 0.717) is 6.54 Å². The third-order valence-electron chi connectivity index (χ3n) is 2.62. The number of carbonyl (C=O) groups is 1. The van der Waals surface area contributed by atoms with E-state index in [1.54, 1.807) is 0 Å². The Bertz CT molecular complexity index is 415. The Morgan fingerprint density at radius 3 is 2.33 bits per heavy atom. The molecule has 0 atom stereocenters. The maximum absolute atomic E-state index is 13.0. The number of carbonyl (C=O) groups excluding carboxylic acids is 1. The lowest BCUT2D eigenvalue weighted by Gasteiger charge is -2.23. The Hall–Kier alpha value is -0.970. The summed E-state index contributed by atoms with van der Waals surface area (Å²) in [4.78, 5) is 11.7. The lowest BCUT2D eigenvalue weighted by Crippen LogP contribution is -2.34. The molecule has 100 valence electrons. The molecule has 0 aromatic heterocycles. The fraction of sp³-hybridized carbons (Fsp3) is 0.462. The number of alkyl halides is 1. The Balaban J connectivity index is 2.66. The summed E-state index contributed by atoms with van der Waals surface area (Å²) >= 11 is 3.34. The van der Waals surface area contributed by atoms with Gasteiger partial charge in [0, 0.05) is 23.5 Å². The SMILES string of the molecule is CC(C)(CCBr)CNC(=O)c1cc(F)cc(F)c1. The maximum atomic E-state index is 13.0. The van der Waals surface area contributed by atoms with Crippen molar-refractivity contribution in [2.75, 3.05) is 11.9 Å². The van der Waals surface area contributed by atoms with Crippen LogP contribution in [0.2, 0.25) is 0 Å². The van der Waals surface area contributed by atoms with Crippen LogP contribution in [0, 0.1) is 17.0 Å². The molecule has 0 spiro atoms. The van der Waals surface area contributed by atoms with E-state index in [9.17, 15) is 13.6 Å². The number of nitrogens with one attached hydrogen (secondary N) is 1. The highest BCUT2D eigenvalue weighted by Gasteiger charge is 2.18. The van der Waals surface area contributed by atoms with Crippen molar-refractivity contribution >= 4 is 21.8 Å². The van der Waals surface area contributed by atoms with Crippen molar-refractivity contribution in [2.24, 2.45) is 5.41 Å². The van der Waals surface area contributed by atoms with E-state index in [-0.39, 0.29) is 11.0 Å². The average molecular weight is 320 g/mol. The Kier molecular flexibility index (Phi) is 5.26. The molecule has 1 rings (SSSR count). The highest BCUT2D eigenvalue weighted by molar-refractivity contribution is 9.09. The van der Waals surface area contributed by atoms with Gasteiger partial charge in [-0.1, -0.05) is 29.8 Å². The normalized spacial score (nSPS) is 11.4. The molecular formula is C13H16BrF2NO. The summed E-state index contributed by atoms with van der Waals surface area (Å²) in [5.74, 6) is -1.96. The predicted octanol–water partition coefficient (Wildman–Crippen LogP) is 3.51. The van der Waals surface area contributed by atoms with E-state index in [1.807, 2.05) is 13.8 Å². The first-order valence-electron chi connectivity index (χ1n) is 5.64. The van der Waals surface area contributed by atoms with Gasteiger partial charge in [0.25, 0.3) is 5.91 Å². The fourth-order valence-corrected chi connectivity index (χ4v) is 2.52. The molecule has 0 bridgehead atoms. The quantitative estimate of drug-likeness (QED) is 0.827. The van der Waals surface area contributed by atoms with Crippen LogP contribution in [0.1, 0.15) is 30.6 Å². The highest BCUT2D eigenvalue weighted by atomic mass is 79.9. The molecule has 18 heavy (non-hydrogen) atoms. The van der Waals surface area contributed by atoms with Crippen molar-refractivity contribution in [1.29, 1.82) is 0 Å². The first kappa shape index (κ1) is 15.1. The van der Waals surface area contributed by atoms with Crippen molar-refractivity contribution in [1.82, 2.24) is 5.32 Å². The van der Waals surface area contributed by atoms with Crippen molar-refractivity contribution in [3.8, 4) is 0 Å². The van der Waals surface area contributed by atoms with Gasteiger partial charge in [0.1, 0.15) is 11.6 Å². The molecule has 0 aliphatic carbocycles. The van der Waals surface area contributed by atoms with Gasteiger partial charge in [0.15, 0.2) is 0 Å². The van der Waals surface area contributed by atoms with E-state index in [2.05, 4.69) is 21.2 Å². The summed E-state index contributed by atoms with van der Waals surface area (Å²) in [6, 6.07) is 2.79. The molecule has 1 aromatic rings. The number of benzene rings is 1. The fourth-order valence-electron chi connectivity index (χ4n) is 1.45. The molecule has 0 saturated heterocycles. The minimum Gasteiger partial charge on any atom is -0.351 e. The Morgan fingerprint density at radius 2 is 1.83 bits per heavy atom. The molecule has 0 saturated carbocycles. The van der Waals surface area contributed by atoms with Crippen LogP contribution in [0.3, 0.4) is 0 Å². The first-order chi connectivity index (χ1) is 8.34. The lowest BCUT2D eigenvalue weighted by molar-refractivity contribution is 0.0935. The molecule has 1 amide bonds. The third-order valence-corrected chi connectivity index (χ3v) is 3.02. The van der Waals surface area contributed by atoms with Gasteiger partial charge in [-0.25, -0.2) is 8.78 Å². The molecule has 0 heterocycles. The molecular weight excluding hydrogens is 304 g/mol. The van der Waals surface area contributed by atoms with Gasteiger partial charge in [-0.2, -0.15) is 0 Å². The number of rotatable bonds is 5. The van der Waals surface area contributed by atoms with Gasteiger partial charge < -0.3 is 5.32 Å². The molecule has 0 aliphatic heterocycles. The first-order valence-corrected chi connectivity index (χ1v) is 6.76. The van der Waals surface area contributed by atoms with Gasteiger partial charge >= 0.3 is 0 Å². The smallest absolute Gasteiger partial charge is 0.251 e. The second kappa shape index (κ2) is 6.27. The summed E-state index contributed by atoms with van der Waals surface area (Å²) < 4.78 is 25.9. The standard InChI is InChI=1S/C13H16BrF2NO/c1-13(2,3-4-14)8-17-12(18)9-5-10(15)7-11(16)6-9/h5-7H,3-4,8H2,1-2H3,(H,17,18). The molecule has 0 aliphatic rings. The van der Waals surface area contributed by atoms with Crippen molar-refractivity contribution in [3.05, 3.63) is 35.4 Å². The van der Waals surface area contributed by atoms with Crippen LogP contribution in [-0.4, -0.2) is 17.8 Å². The van der Waals surface area contributed by atoms with Gasteiger partial charge in [-0.3, -0.25) is 4.79 Å². The van der Waals surface area contributed by atoms with Gasteiger partial charge in [-0.05, 0) is 24.0 Å². The van der Waals surface area contributed by atoms with E-state index in [1.165, 1.54) is 0 Å². The highest BCUT2D eigenvalue weighted by Crippen LogP contribution is 2.20. The van der Waals surface area contributed by atoms with Gasteiger partial charge in [0.2, 0.25) is 0 Å². The monoisotopic (exact) mass is 319 g/mol. The van der Waals surface area contributed by atoms with Crippen LogP contribution in [0.5, 0.6) is 0 Å². The summed E-state index contributed by atoms with van der Waals surface area (Å²) in [5, 5.41) is 3.52. The van der Waals surface area contributed by atoms with Gasteiger partial charge in [0.05, 0.1) is 0 Å². The second-order valence-electron chi connectivity index (χ2n) is 4.94. The van der Waals surface area contributed by atoms with Crippen molar-refractivity contribution in [3.63, 3.8) is 0 Å². The zero-order valence-corrected chi connectivity index (χ0v) is 12.0. The largest absolute Gasteiger partial charge is 0.351 e. The van der Waals surface area contributed by atoms with Crippen LogP contribution in [0.4, 0.5) is 8.78 Å². The summed E-state index contributed by atoms with van der Waals surface area (Å²) in [7, 11) is 0. The number of amides is 1. The zero-order valence-electron chi connectivity index (χ0n) is 10.4. The minimum atomic E-state index is -0.750. The van der Waals surface area contributed by atoms with Crippen molar-refractivity contribution in [2.45, 2.75) is 20.3 Å². The van der Waals surface area contributed by atoms with E-state index >= 15 is 0 Å². The zero-order chi connectivity index (χ0) is 13.8. The average Bonchev–Trinajstić information content (AvgIpc) is 2.24. The third kappa shape index (κ3) is 4.72. The minimum absolute atomic E-state index is 0.00198. The topological polar surface area (TPSA) is 29.1 Å². The van der Waals surface area contributed by atoms with Gasteiger partial charge in [-0.15, -0.1) is 0 Å². The lowest BCUT2D eigenvalue weighted by atomic mass is 9.90. The van der Waals surface area contributed by atoms with Crippen molar-refractivity contribution < 1.29 is 13.6 Å². The molecule has 0 unspecified atom stereocenters. The molecule has 0 radical (unpaired) electrons. The molecule has 2 nitrogen and oxygen atoms in total. The van der Waals surface area contributed by atoms with Crippen LogP contribution in [0.25, 0.3) is 0 Å². The van der Waals surface area contributed by atoms with Crippen LogP contribution < -0.4 is 5.32 Å². The van der Waals surface area contributed by atoms with Crippen LogP contribution >= 0.6 is 15.9 Å². The Morgan fingerprint density at radius 1 is 1.28 bits per heavy atom. The molecule has 1 aromatic carbocycles. The number of hydrogen-bond donors (Lipinski definition) is 1. The Labute approximate surface area is 114 Å². The number of halogens is 3. The second-order valence-corrected chi connectivity index (χ2v) is 5.74. The number of hydrogen-bond acceptors (Lipinski definition) is 1.